The summed E-state index contributed by atoms with van der Waals surface area (Å²) < 4.78 is 28.2. The van der Waals surface area contributed by atoms with Crippen molar-refractivity contribution in [2.75, 3.05) is 13.6 Å². The Morgan fingerprint density at radius 3 is 2.43 bits per heavy atom. The first-order chi connectivity index (χ1) is 13.3. The van der Waals surface area contributed by atoms with Gasteiger partial charge in [0.25, 0.3) is 0 Å². The highest BCUT2D eigenvalue weighted by molar-refractivity contribution is 7.89. The molecular formula is C21H28N2O4S. The Kier molecular flexibility index (Phi) is 5.95. The molecule has 0 saturated heterocycles. The number of aromatic nitrogens is 1. The molecule has 0 atom stereocenters. The highest BCUT2D eigenvalue weighted by Gasteiger charge is 2.24. The highest BCUT2D eigenvalue weighted by atomic mass is 32.2. The van der Waals surface area contributed by atoms with Crippen molar-refractivity contribution < 1.29 is 18.3 Å². The summed E-state index contributed by atoms with van der Waals surface area (Å²) in [6.45, 7) is 4.21. The van der Waals surface area contributed by atoms with Gasteiger partial charge in [0, 0.05) is 25.0 Å². The van der Waals surface area contributed by atoms with Crippen molar-refractivity contribution in [2.24, 2.45) is 0 Å². The zero-order valence-electron chi connectivity index (χ0n) is 16.7. The second-order valence-corrected chi connectivity index (χ2v) is 9.46. The van der Waals surface area contributed by atoms with Gasteiger partial charge in [0.05, 0.1) is 4.90 Å². The number of hydrogen-bond acceptors (Lipinski definition) is 3. The van der Waals surface area contributed by atoms with Crippen LogP contribution in [0.5, 0.6) is 0 Å². The van der Waals surface area contributed by atoms with Crippen LogP contribution in [0.3, 0.4) is 0 Å². The second-order valence-electron chi connectivity index (χ2n) is 7.42. The molecule has 0 saturated carbocycles. The van der Waals surface area contributed by atoms with E-state index in [2.05, 4.69) is 0 Å². The Balaban J connectivity index is 1.92. The standard InChI is InChI=1S/C21H28N2O4S/c1-4-22(3)28(26,27)17-11-9-16(10-12-17)13-19-15(2)23(14-21(24)25)20-8-6-5-7-18(19)20/h9-12H,4-8,13-14H2,1-3H3,(H,24,25). The molecule has 3 rings (SSSR count). The number of carboxylic acid groups (broad SMARTS) is 1. The van der Waals surface area contributed by atoms with Crippen molar-refractivity contribution in [1.82, 2.24) is 8.87 Å². The summed E-state index contributed by atoms with van der Waals surface area (Å²) in [7, 11) is -1.87. The van der Waals surface area contributed by atoms with Crippen LogP contribution in [0.4, 0.5) is 0 Å². The molecule has 0 unspecified atom stereocenters. The molecule has 1 aromatic heterocycles. The minimum Gasteiger partial charge on any atom is -0.480 e. The number of carboxylic acids is 1. The van der Waals surface area contributed by atoms with Crippen molar-refractivity contribution in [3.8, 4) is 0 Å². The maximum atomic E-state index is 12.5. The molecule has 0 bridgehead atoms. The van der Waals surface area contributed by atoms with Crippen molar-refractivity contribution in [3.63, 3.8) is 0 Å². The fourth-order valence-corrected chi connectivity index (χ4v) is 5.19. The van der Waals surface area contributed by atoms with E-state index in [1.165, 1.54) is 15.4 Å². The molecular weight excluding hydrogens is 376 g/mol. The zero-order valence-corrected chi connectivity index (χ0v) is 17.6. The van der Waals surface area contributed by atoms with Crippen LogP contribution in [-0.2, 0) is 40.6 Å². The number of fused-ring (bicyclic) bond motifs is 1. The number of aliphatic carboxylic acids is 1. The Bertz CT molecular complexity index is 975. The molecule has 1 aliphatic carbocycles. The third-order valence-electron chi connectivity index (χ3n) is 5.72. The molecule has 0 radical (unpaired) electrons. The number of sulfonamides is 1. The zero-order chi connectivity index (χ0) is 20.5. The van der Waals surface area contributed by atoms with Crippen molar-refractivity contribution in [1.29, 1.82) is 0 Å². The fraction of sp³-hybridized carbons (Fsp3) is 0.476. The van der Waals surface area contributed by atoms with Crippen LogP contribution in [-0.4, -0.2) is 42.0 Å². The molecule has 1 aliphatic rings. The first-order valence-corrected chi connectivity index (χ1v) is 11.2. The molecule has 6 nitrogen and oxygen atoms in total. The van der Waals surface area contributed by atoms with E-state index in [1.807, 2.05) is 23.6 Å². The number of rotatable bonds is 7. The van der Waals surface area contributed by atoms with Gasteiger partial charge in [-0.05, 0) is 67.9 Å². The molecule has 152 valence electrons. The highest BCUT2D eigenvalue weighted by Crippen LogP contribution is 2.31. The smallest absolute Gasteiger partial charge is 0.323 e. The maximum Gasteiger partial charge on any atom is 0.323 e. The lowest BCUT2D eigenvalue weighted by atomic mass is 9.92. The van der Waals surface area contributed by atoms with Crippen LogP contribution in [0, 0.1) is 6.92 Å². The summed E-state index contributed by atoms with van der Waals surface area (Å²) in [5.74, 6) is -0.826. The molecule has 0 amide bonds. The van der Waals surface area contributed by atoms with Gasteiger partial charge in [-0.2, -0.15) is 0 Å². The van der Waals surface area contributed by atoms with Gasteiger partial charge in [0.15, 0.2) is 0 Å². The van der Waals surface area contributed by atoms with E-state index in [0.29, 0.717) is 17.9 Å². The predicted octanol–water partition coefficient (Wildman–Crippen LogP) is 2.99. The van der Waals surface area contributed by atoms with Gasteiger partial charge < -0.3 is 9.67 Å². The van der Waals surface area contributed by atoms with Crippen molar-refractivity contribution >= 4 is 16.0 Å². The van der Waals surface area contributed by atoms with E-state index >= 15 is 0 Å². The predicted molar refractivity (Wildman–Crippen MR) is 108 cm³/mol. The first kappa shape index (κ1) is 20.6. The average Bonchev–Trinajstić information content (AvgIpc) is 2.93. The molecule has 0 spiro atoms. The molecule has 0 fully saturated rings. The van der Waals surface area contributed by atoms with Crippen molar-refractivity contribution in [3.05, 3.63) is 52.3 Å². The summed E-state index contributed by atoms with van der Waals surface area (Å²) in [6.07, 6.45) is 4.80. The summed E-state index contributed by atoms with van der Waals surface area (Å²) in [5, 5.41) is 9.28. The Morgan fingerprint density at radius 1 is 1.18 bits per heavy atom. The van der Waals surface area contributed by atoms with E-state index in [0.717, 1.165) is 42.6 Å². The topological polar surface area (TPSA) is 79.6 Å². The van der Waals surface area contributed by atoms with Crippen LogP contribution in [0.15, 0.2) is 29.2 Å². The lowest BCUT2D eigenvalue weighted by Crippen LogP contribution is -2.26. The van der Waals surface area contributed by atoms with Gasteiger partial charge in [-0.15, -0.1) is 0 Å². The molecule has 28 heavy (non-hydrogen) atoms. The van der Waals surface area contributed by atoms with E-state index in [4.69, 9.17) is 0 Å². The summed E-state index contributed by atoms with van der Waals surface area (Å²) in [6, 6.07) is 7.04. The number of benzene rings is 1. The number of hydrogen-bond donors (Lipinski definition) is 1. The lowest BCUT2D eigenvalue weighted by Gasteiger charge is -2.16. The minimum atomic E-state index is -3.45. The minimum absolute atomic E-state index is 0.00526. The van der Waals surface area contributed by atoms with Gasteiger partial charge >= 0.3 is 5.97 Å². The van der Waals surface area contributed by atoms with E-state index in [-0.39, 0.29) is 6.54 Å². The largest absolute Gasteiger partial charge is 0.480 e. The van der Waals surface area contributed by atoms with Crippen LogP contribution in [0.25, 0.3) is 0 Å². The Morgan fingerprint density at radius 2 is 1.82 bits per heavy atom. The van der Waals surface area contributed by atoms with E-state index in [1.54, 1.807) is 26.1 Å². The van der Waals surface area contributed by atoms with Crippen LogP contribution < -0.4 is 0 Å². The average molecular weight is 405 g/mol. The van der Waals surface area contributed by atoms with Crippen LogP contribution in [0.1, 0.15) is 47.8 Å². The summed E-state index contributed by atoms with van der Waals surface area (Å²) in [5.41, 5.74) is 5.67. The third kappa shape index (κ3) is 3.86. The first-order valence-electron chi connectivity index (χ1n) is 9.72. The molecule has 1 aromatic carbocycles. The fourth-order valence-electron chi connectivity index (χ4n) is 4.01. The Labute approximate surface area is 166 Å². The summed E-state index contributed by atoms with van der Waals surface area (Å²) >= 11 is 0. The molecule has 1 heterocycles. The monoisotopic (exact) mass is 404 g/mol. The van der Waals surface area contributed by atoms with Crippen molar-refractivity contribution in [2.45, 2.75) is 57.4 Å². The SMILES string of the molecule is CCN(C)S(=O)(=O)c1ccc(Cc2c3c(n(CC(=O)O)c2C)CCCC3)cc1. The van der Waals surface area contributed by atoms with Gasteiger partial charge in [0.2, 0.25) is 10.0 Å². The van der Waals surface area contributed by atoms with Gasteiger partial charge in [0.1, 0.15) is 6.54 Å². The van der Waals surface area contributed by atoms with Crippen LogP contribution >= 0.6 is 0 Å². The normalized spacial score (nSPS) is 14.3. The van der Waals surface area contributed by atoms with Gasteiger partial charge in [-0.1, -0.05) is 19.1 Å². The Hall–Kier alpha value is -2.12. The van der Waals surface area contributed by atoms with Gasteiger partial charge in [-0.3, -0.25) is 4.79 Å². The van der Waals surface area contributed by atoms with E-state index < -0.39 is 16.0 Å². The molecule has 1 N–H and O–H groups in total. The molecule has 2 aromatic rings. The lowest BCUT2D eigenvalue weighted by molar-refractivity contribution is -0.137. The number of nitrogens with zero attached hydrogens (tertiary/aromatic N) is 2. The molecule has 0 aliphatic heterocycles. The summed E-state index contributed by atoms with van der Waals surface area (Å²) in [4.78, 5) is 11.6. The van der Waals surface area contributed by atoms with Crippen LogP contribution in [0.2, 0.25) is 0 Å². The molecule has 7 heteroatoms. The third-order valence-corrected chi connectivity index (χ3v) is 7.67. The van der Waals surface area contributed by atoms with E-state index in [9.17, 15) is 18.3 Å². The second kappa shape index (κ2) is 8.09. The quantitative estimate of drug-likeness (QED) is 0.769. The van der Waals surface area contributed by atoms with Gasteiger partial charge in [-0.25, -0.2) is 12.7 Å². The number of carbonyl (C=O) groups is 1. The maximum absolute atomic E-state index is 12.5.